The average Bonchev–Trinajstić information content (AvgIpc) is 2.77. The zero-order valence-corrected chi connectivity index (χ0v) is 16.5. The van der Waals surface area contributed by atoms with Crippen molar-refractivity contribution >= 4 is 17.7 Å². The molecule has 2 atom stereocenters. The minimum Gasteiger partial charge on any atom is -0.342 e. The van der Waals surface area contributed by atoms with Crippen molar-refractivity contribution < 1.29 is 14.4 Å². The van der Waals surface area contributed by atoms with Crippen LogP contribution in [-0.4, -0.2) is 59.2 Å². The van der Waals surface area contributed by atoms with Gasteiger partial charge in [0.1, 0.15) is 12.1 Å². The number of rotatable bonds is 3. The van der Waals surface area contributed by atoms with Gasteiger partial charge >= 0.3 is 0 Å². The number of nitrogens with one attached hydrogen (secondary N) is 1. The summed E-state index contributed by atoms with van der Waals surface area (Å²) in [5.41, 5.74) is 0.975. The Bertz CT molecular complexity index is 839. The molecular weight excluding hydrogens is 368 g/mol. The number of carbonyl (C=O) groups excluding carboxylic acids is 3. The first kappa shape index (κ1) is 19.4. The van der Waals surface area contributed by atoms with Crippen molar-refractivity contribution in [3.05, 3.63) is 35.4 Å². The summed E-state index contributed by atoms with van der Waals surface area (Å²) in [6.45, 7) is 0.983. The van der Waals surface area contributed by atoms with Gasteiger partial charge in [-0.3, -0.25) is 14.4 Å². The van der Waals surface area contributed by atoms with E-state index in [1.54, 1.807) is 34.1 Å². The van der Waals surface area contributed by atoms with Crippen LogP contribution in [-0.2, 0) is 9.59 Å². The third kappa shape index (κ3) is 3.98. The van der Waals surface area contributed by atoms with Crippen LogP contribution in [0, 0.1) is 17.2 Å². The van der Waals surface area contributed by atoms with Crippen molar-refractivity contribution in [1.29, 1.82) is 5.26 Å². The molecule has 3 aliphatic rings. The van der Waals surface area contributed by atoms with Crippen molar-refractivity contribution in [2.24, 2.45) is 5.92 Å². The average molecular weight is 394 g/mol. The molecule has 3 fully saturated rings. The van der Waals surface area contributed by atoms with Gasteiger partial charge in [0.05, 0.1) is 18.2 Å². The molecule has 2 heterocycles. The maximum atomic E-state index is 13.0. The van der Waals surface area contributed by atoms with Crippen LogP contribution in [0.5, 0.6) is 0 Å². The number of carbonyl (C=O) groups is 3. The smallest absolute Gasteiger partial charge is 0.253 e. The second kappa shape index (κ2) is 8.24. The predicted octanol–water partition coefficient (Wildman–Crippen LogP) is 1.68. The third-order valence-corrected chi connectivity index (χ3v) is 6.42. The normalized spacial score (nSPS) is 25.2. The molecule has 29 heavy (non-hydrogen) atoms. The van der Waals surface area contributed by atoms with Gasteiger partial charge in [-0.2, -0.15) is 5.26 Å². The van der Waals surface area contributed by atoms with Crippen LogP contribution in [0.15, 0.2) is 24.3 Å². The number of fused-ring (bicyclic) bond motifs is 1. The Balaban J connectivity index is 1.41. The molecule has 0 aromatic heterocycles. The van der Waals surface area contributed by atoms with E-state index in [9.17, 15) is 14.4 Å². The monoisotopic (exact) mass is 394 g/mol. The summed E-state index contributed by atoms with van der Waals surface area (Å²) in [7, 11) is 0. The van der Waals surface area contributed by atoms with E-state index < -0.39 is 12.1 Å². The topological polar surface area (TPSA) is 93.5 Å². The van der Waals surface area contributed by atoms with E-state index in [0.29, 0.717) is 30.1 Å². The van der Waals surface area contributed by atoms with E-state index in [1.807, 2.05) is 6.07 Å². The lowest BCUT2D eigenvalue weighted by Crippen LogP contribution is -2.69. The first-order chi connectivity index (χ1) is 14.1. The van der Waals surface area contributed by atoms with Gasteiger partial charge in [0.2, 0.25) is 11.8 Å². The van der Waals surface area contributed by atoms with Crippen LogP contribution in [0.1, 0.15) is 54.4 Å². The fourth-order valence-electron chi connectivity index (χ4n) is 4.77. The van der Waals surface area contributed by atoms with Crippen LogP contribution < -0.4 is 5.32 Å². The third-order valence-electron chi connectivity index (χ3n) is 6.42. The Morgan fingerprint density at radius 2 is 1.83 bits per heavy atom. The van der Waals surface area contributed by atoms with Gasteiger partial charge in [0, 0.05) is 18.7 Å². The van der Waals surface area contributed by atoms with E-state index in [4.69, 9.17) is 5.26 Å². The summed E-state index contributed by atoms with van der Waals surface area (Å²) in [5.74, 6) is 0.154. The summed E-state index contributed by atoms with van der Waals surface area (Å²) >= 11 is 0. The molecule has 3 amide bonds. The first-order valence-corrected chi connectivity index (χ1v) is 10.5. The van der Waals surface area contributed by atoms with Crippen LogP contribution in [0.25, 0.3) is 0 Å². The van der Waals surface area contributed by atoms with E-state index in [-0.39, 0.29) is 24.3 Å². The lowest BCUT2D eigenvalue weighted by atomic mass is 9.84. The number of benzene rings is 1. The van der Waals surface area contributed by atoms with E-state index in [0.717, 1.165) is 19.3 Å². The molecule has 7 nitrogen and oxygen atoms in total. The second-order valence-corrected chi connectivity index (χ2v) is 8.29. The molecule has 1 aliphatic carbocycles. The molecule has 4 rings (SSSR count). The summed E-state index contributed by atoms with van der Waals surface area (Å²) < 4.78 is 0. The predicted molar refractivity (Wildman–Crippen MR) is 106 cm³/mol. The van der Waals surface area contributed by atoms with Crippen LogP contribution in [0.4, 0.5) is 0 Å². The highest BCUT2D eigenvalue weighted by atomic mass is 16.2. The zero-order valence-electron chi connectivity index (χ0n) is 16.5. The lowest BCUT2D eigenvalue weighted by Gasteiger charge is -2.45. The molecular formula is C22H26N4O3. The van der Waals surface area contributed by atoms with Crippen LogP contribution in [0.3, 0.4) is 0 Å². The van der Waals surface area contributed by atoms with Gasteiger partial charge < -0.3 is 15.1 Å². The van der Waals surface area contributed by atoms with E-state index >= 15 is 0 Å². The minimum absolute atomic E-state index is 0.00866. The van der Waals surface area contributed by atoms with E-state index in [2.05, 4.69) is 5.32 Å². The number of amides is 3. The van der Waals surface area contributed by atoms with Gasteiger partial charge in [-0.15, -0.1) is 0 Å². The molecule has 2 unspecified atom stereocenters. The van der Waals surface area contributed by atoms with E-state index in [1.165, 1.54) is 19.3 Å². The zero-order chi connectivity index (χ0) is 20.4. The van der Waals surface area contributed by atoms with Gasteiger partial charge in [0.25, 0.3) is 5.91 Å². The van der Waals surface area contributed by atoms with Crippen molar-refractivity contribution in [3.63, 3.8) is 0 Å². The van der Waals surface area contributed by atoms with Crippen molar-refractivity contribution in [2.45, 2.75) is 50.6 Å². The Labute approximate surface area is 170 Å². The summed E-state index contributed by atoms with van der Waals surface area (Å²) in [6, 6.07) is 7.44. The fourth-order valence-corrected chi connectivity index (χ4v) is 4.77. The molecule has 1 saturated carbocycles. The molecule has 0 radical (unpaired) electrons. The number of nitrogens with zero attached hydrogens (tertiary/aromatic N) is 3. The van der Waals surface area contributed by atoms with Gasteiger partial charge in [0.15, 0.2) is 0 Å². The highest BCUT2D eigenvalue weighted by molar-refractivity contribution is 5.99. The van der Waals surface area contributed by atoms with Gasteiger partial charge in [-0.25, -0.2) is 0 Å². The van der Waals surface area contributed by atoms with Crippen molar-refractivity contribution in [1.82, 2.24) is 15.1 Å². The Morgan fingerprint density at radius 1 is 1.10 bits per heavy atom. The molecule has 1 N–H and O–H groups in total. The number of piperazine rings is 2. The highest BCUT2D eigenvalue weighted by Crippen LogP contribution is 2.29. The van der Waals surface area contributed by atoms with Crippen molar-refractivity contribution in [3.8, 4) is 6.07 Å². The molecule has 1 aromatic rings. The quantitative estimate of drug-likeness (QED) is 0.844. The number of nitriles is 1. The Hall–Kier alpha value is -2.88. The number of hydrogen-bond acceptors (Lipinski definition) is 4. The maximum absolute atomic E-state index is 13.0. The minimum atomic E-state index is -0.624. The van der Waals surface area contributed by atoms with Crippen LogP contribution in [0.2, 0.25) is 0 Å². The fraction of sp³-hybridized carbons (Fsp3) is 0.545. The van der Waals surface area contributed by atoms with Crippen molar-refractivity contribution in [2.75, 3.05) is 19.6 Å². The molecule has 152 valence electrons. The summed E-state index contributed by atoms with van der Waals surface area (Å²) in [6.07, 6.45) is 6.67. The maximum Gasteiger partial charge on any atom is 0.253 e. The Kier molecular flexibility index (Phi) is 5.52. The van der Waals surface area contributed by atoms with Gasteiger partial charge in [-0.1, -0.05) is 32.1 Å². The largest absolute Gasteiger partial charge is 0.342 e. The second-order valence-electron chi connectivity index (χ2n) is 8.29. The first-order valence-electron chi connectivity index (χ1n) is 10.5. The summed E-state index contributed by atoms with van der Waals surface area (Å²) in [4.78, 5) is 41.8. The Morgan fingerprint density at radius 3 is 2.52 bits per heavy atom. The molecule has 7 heteroatoms. The molecule has 2 aliphatic heterocycles. The van der Waals surface area contributed by atoms with Crippen LogP contribution >= 0.6 is 0 Å². The highest BCUT2D eigenvalue weighted by Gasteiger charge is 2.44. The standard InChI is InChI=1S/C22H26N4O3/c23-13-16-6-8-17(9-7-16)21(28)25-10-11-26-19(14-25)20(27)24-18(22(26)29)12-15-4-2-1-3-5-15/h6-9,15,18-19H,1-5,10-12,14H2,(H,24,27). The molecule has 0 spiro atoms. The summed E-state index contributed by atoms with van der Waals surface area (Å²) in [5, 5.41) is 11.8. The molecule has 1 aromatic carbocycles. The lowest BCUT2D eigenvalue weighted by molar-refractivity contribution is -0.152. The molecule has 2 saturated heterocycles. The van der Waals surface area contributed by atoms with Gasteiger partial charge in [-0.05, 0) is 36.6 Å². The molecule has 0 bridgehead atoms. The number of hydrogen-bond donors (Lipinski definition) is 1. The SMILES string of the molecule is N#Cc1ccc(C(=O)N2CCN3C(=O)C(CC4CCCCC4)NC(=O)C3C2)cc1.